The molecule has 0 radical (unpaired) electrons. The Bertz CT molecular complexity index is 945. The highest BCUT2D eigenvalue weighted by Crippen LogP contribution is 2.61. The SMILES string of the molecule is CC[C@@H](COC(=O)C/C(C)=C/C(=O)O)[C@H]1[C@](C)(O)C(=O)[C@H]2C[C@](C)(O)CC(C)C2[C@@]1(C)C(=O)/C=C\O. The molecule has 0 saturated heterocycles. The van der Waals surface area contributed by atoms with Gasteiger partial charge in [-0.25, -0.2) is 4.79 Å². The van der Waals surface area contributed by atoms with Crippen molar-refractivity contribution in [2.75, 3.05) is 6.61 Å². The van der Waals surface area contributed by atoms with Crippen LogP contribution in [0.25, 0.3) is 0 Å². The van der Waals surface area contributed by atoms with Crippen LogP contribution in [0, 0.1) is 35.0 Å². The fourth-order valence-electron chi connectivity index (χ4n) is 7.19. The van der Waals surface area contributed by atoms with Gasteiger partial charge < -0.3 is 25.2 Å². The summed E-state index contributed by atoms with van der Waals surface area (Å²) in [6, 6.07) is 0. The molecule has 0 aromatic carbocycles. The van der Waals surface area contributed by atoms with E-state index >= 15 is 0 Å². The Hall–Kier alpha value is -2.52. The van der Waals surface area contributed by atoms with E-state index in [2.05, 4.69) is 0 Å². The molecule has 0 aliphatic heterocycles. The van der Waals surface area contributed by atoms with Crippen LogP contribution in [0.3, 0.4) is 0 Å². The fraction of sp³-hybridized carbons (Fsp3) is 0.704. The van der Waals surface area contributed by atoms with Gasteiger partial charge in [-0.1, -0.05) is 26.3 Å². The third kappa shape index (κ3) is 5.72. The van der Waals surface area contributed by atoms with E-state index in [0.717, 1.165) is 12.2 Å². The lowest BCUT2D eigenvalue weighted by Gasteiger charge is -2.61. The number of rotatable bonds is 9. The maximum atomic E-state index is 13.7. The zero-order valence-electron chi connectivity index (χ0n) is 22.0. The van der Waals surface area contributed by atoms with Crippen molar-refractivity contribution in [2.24, 2.45) is 35.0 Å². The Labute approximate surface area is 212 Å². The summed E-state index contributed by atoms with van der Waals surface area (Å²) >= 11 is 0. The molecule has 8 atom stereocenters. The lowest BCUT2D eigenvalue weighted by atomic mass is 9.42. The molecule has 202 valence electrons. The second kappa shape index (κ2) is 10.8. The Morgan fingerprint density at radius 2 is 1.78 bits per heavy atom. The molecule has 2 aliphatic carbocycles. The molecule has 9 nitrogen and oxygen atoms in total. The van der Waals surface area contributed by atoms with Crippen molar-refractivity contribution >= 4 is 23.5 Å². The lowest BCUT2D eigenvalue weighted by Crippen LogP contribution is -2.69. The van der Waals surface area contributed by atoms with Gasteiger partial charge in [-0.15, -0.1) is 0 Å². The number of Topliss-reactive ketones (excluding diaryl/α,β-unsaturated/α-hetero) is 1. The first-order valence-corrected chi connectivity index (χ1v) is 12.4. The van der Waals surface area contributed by atoms with Gasteiger partial charge in [-0.3, -0.25) is 14.4 Å². The summed E-state index contributed by atoms with van der Waals surface area (Å²) in [5, 5.41) is 40.8. The van der Waals surface area contributed by atoms with Crippen LogP contribution in [0.4, 0.5) is 0 Å². The van der Waals surface area contributed by atoms with Crippen LogP contribution in [0.2, 0.25) is 0 Å². The number of carboxylic acid groups (broad SMARTS) is 1. The van der Waals surface area contributed by atoms with E-state index in [1.165, 1.54) is 13.8 Å². The van der Waals surface area contributed by atoms with Gasteiger partial charge in [0.1, 0.15) is 5.60 Å². The van der Waals surface area contributed by atoms with Crippen LogP contribution in [0.15, 0.2) is 24.0 Å². The molecular weight excluding hydrogens is 468 g/mol. The van der Waals surface area contributed by atoms with Crippen molar-refractivity contribution in [2.45, 2.75) is 78.4 Å². The molecule has 0 aromatic heterocycles. The molecule has 36 heavy (non-hydrogen) atoms. The van der Waals surface area contributed by atoms with Gasteiger partial charge in [0.25, 0.3) is 0 Å². The normalized spacial score (nSPS) is 37.9. The summed E-state index contributed by atoms with van der Waals surface area (Å²) < 4.78 is 5.44. The predicted octanol–water partition coefficient (Wildman–Crippen LogP) is 2.99. The molecule has 2 fully saturated rings. The van der Waals surface area contributed by atoms with Gasteiger partial charge >= 0.3 is 11.9 Å². The second-order valence-corrected chi connectivity index (χ2v) is 11.3. The number of aliphatic hydroxyl groups is 3. The highest BCUT2D eigenvalue weighted by Gasteiger charge is 2.68. The molecule has 2 rings (SSSR count). The number of aliphatic hydroxyl groups excluding tert-OH is 1. The first-order valence-electron chi connectivity index (χ1n) is 12.4. The van der Waals surface area contributed by atoms with Crippen molar-refractivity contribution in [3.63, 3.8) is 0 Å². The Kier molecular flexibility index (Phi) is 8.95. The topological polar surface area (TPSA) is 158 Å². The molecule has 4 N–H and O–H groups in total. The molecular formula is C27H40O9. The van der Waals surface area contributed by atoms with Crippen molar-refractivity contribution < 1.29 is 44.3 Å². The van der Waals surface area contributed by atoms with Gasteiger partial charge in [-0.2, -0.15) is 0 Å². The second-order valence-electron chi connectivity index (χ2n) is 11.3. The number of ketones is 2. The molecule has 2 aliphatic rings. The smallest absolute Gasteiger partial charge is 0.328 e. The van der Waals surface area contributed by atoms with E-state index in [0.29, 0.717) is 24.7 Å². The minimum Gasteiger partial charge on any atom is -0.515 e. The lowest BCUT2D eigenvalue weighted by molar-refractivity contribution is -0.206. The van der Waals surface area contributed by atoms with Crippen molar-refractivity contribution in [3.8, 4) is 0 Å². The summed E-state index contributed by atoms with van der Waals surface area (Å²) in [6.07, 6.45) is 3.21. The molecule has 0 bridgehead atoms. The van der Waals surface area contributed by atoms with Gasteiger partial charge in [0, 0.05) is 29.4 Å². The Morgan fingerprint density at radius 1 is 1.17 bits per heavy atom. The van der Waals surface area contributed by atoms with Crippen LogP contribution >= 0.6 is 0 Å². The van der Waals surface area contributed by atoms with Crippen LogP contribution in [-0.4, -0.2) is 61.7 Å². The first kappa shape index (κ1) is 29.7. The van der Waals surface area contributed by atoms with E-state index in [-0.39, 0.29) is 25.4 Å². The molecule has 0 spiro atoms. The monoisotopic (exact) mass is 508 g/mol. The average molecular weight is 509 g/mol. The van der Waals surface area contributed by atoms with E-state index in [4.69, 9.17) is 9.84 Å². The number of ether oxygens (including phenoxy) is 1. The third-order valence-electron chi connectivity index (χ3n) is 8.25. The molecule has 0 heterocycles. The van der Waals surface area contributed by atoms with E-state index in [1.54, 1.807) is 13.8 Å². The minimum absolute atomic E-state index is 0.108. The number of hydrogen-bond acceptors (Lipinski definition) is 8. The summed E-state index contributed by atoms with van der Waals surface area (Å²) in [4.78, 5) is 50.5. The Morgan fingerprint density at radius 3 is 2.31 bits per heavy atom. The number of carbonyl (C=O) groups is 4. The van der Waals surface area contributed by atoms with Crippen LogP contribution in [-0.2, 0) is 23.9 Å². The summed E-state index contributed by atoms with van der Waals surface area (Å²) in [6.45, 7) is 9.72. The van der Waals surface area contributed by atoms with Gasteiger partial charge in [0.05, 0.1) is 24.9 Å². The number of fused-ring (bicyclic) bond motifs is 1. The largest absolute Gasteiger partial charge is 0.515 e. The fourth-order valence-corrected chi connectivity index (χ4v) is 7.19. The number of esters is 1. The average Bonchev–Trinajstić information content (AvgIpc) is 2.72. The maximum absolute atomic E-state index is 13.7. The zero-order valence-corrected chi connectivity index (χ0v) is 22.0. The van der Waals surface area contributed by atoms with Crippen molar-refractivity contribution in [1.82, 2.24) is 0 Å². The maximum Gasteiger partial charge on any atom is 0.328 e. The van der Waals surface area contributed by atoms with Crippen LogP contribution in [0.1, 0.15) is 67.2 Å². The van der Waals surface area contributed by atoms with Gasteiger partial charge in [0.15, 0.2) is 11.6 Å². The number of carboxylic acids is 1. The number of aliphatic carboxylic acids is 1. The number of carbonyl (C=O) groups excluding carboxylic acids is 3. The van der Waals surface area contributed by atoms with Crippen LogP contribution < -0.4 is 0 Å². The van der Waals surface area contributed by atoms with Crippen molar-refractivity contribution in [3.05, 3.63) is 24.0 Å². The molecule has 2 unspecified atom stereocenters. The molecule has 0 aromatic rings. The third-order valence-corrected chi connectivity index (χ3v) is 8.25. The highest BCUT2D eigenvalue weighted by atomic mass is 16.5. The van der Waals surface area contributed by atoms with Gasteiger partial charge in [-0.05, 0) is 57.8 Å². The molecule has 0 amide bonds. The minimum atomic E-state index is -1.96. The summed E-state index contributed by atoms with van der Waals surface area (Å²) in [5.41, 5.74) is -4.09. The van der Waals surface area contributed by atoms with E-state index in [9.17, 15) is 34.5 Å². The number of hydrogen-bond donors (Lipinski definition) is 4. The summed E-state index contributed by atoms with van der Waals surface area (Å²) in [7, 11) is 0. The summed E-state index contributed by atoms with van der Waals surface area (Å²) in [5.74, 6) is -5.78. The van der Waals surface area contributed by atoms with Gasteiger partial charge in [0.2, 0.25) is 0 Å². The standard InChI is InChI=1S/C27H40O9/c1-7-17(14-36-21(32)11-15(2)10-20(30)31)23-26(5,19(29)8-9-28)22-16(3)12-25(4,34)13-18(22)24(33)27(23,6)35/h8-10,16-18,22-23,28,34-35H,7,11-14H2,1-6H3,(H,30,31)/b9-8-,15-10+/t16?,17-,18-,22?,23+,25+,26+,27-/m0/s1. The molecule has 9 heteroatoms. The quantitative estimate of drug-likeness (QED) is 0.209. The van der Waals surface area contributed by atoms with E-state index in [1.807, 2.05) is 13.8 Å². The first-order chi connectivity index (χ1) is 16.5. The molecule has 2 saturated carbocycles. The predicted molar refractivity (Wildman–Crippen MR) is 131 cm³/mol. The zero-order chi connectivity index (χ0) is 27.6. The van der Waals surface area contributed by atoms with E-state index < -0.39 is 63.8 Å². The Balaban J connectivity index is 2.51. The number of allylic oxidation sites excluding steroid dienone is 1. The highest BCUT2D eigenvalue weighted by molar-refractivity contribution is 6.00. The van der Waals surface area contributed by atoms with Crippen LogP contribution in [0.5, 0.6) is 0 Å². The van der Waals surface area contributed by atoms with Crippen molar-refractivity contribution in [1.29, 1.82) is 0 Å².